The number of anilines is 1. The second kappa shape index (κ2) is 10.1. The van der Waals surface area contributed by atoms with E-state index in [4.69, 9.17) is 14.2 Å². The number of benzene rings is 2. The van der Waals surface area contributed by atoms with Crippen LogP contribution in [-0.4, -0.2) is 52.5 Å². The molecule has 0 aromatic heterocycles. The Kier molecular flexibility index (Phi) is 7.86. The van der Waals surface area contributed by atoms with Gasteiger partial charge in [-0.05, 0) is 42.5 Å². The maximum absolute atomic E-state index is 12.7. The van der Waals surface area contributed by atoms with Crippen LogP contribution in [0.1, 0.15) is 13.8 Å². The third-order valence-electron chi connectivity index (χ3n) is 4.22. The van der Waals surface area contributed by atoms with Gasteiger partial charge in [0.25, 0.3) is 5.91 Å². The molecule has 0 bridgehead atoms. The quantitative estimate of drug-likeness (QED) is 0.633. The Balaban J connectivity index is 2.14. The van der Waals surface area contributed by atoms with Crippen molar-refractivity contribution in [1.82, 2.24) is 4.31 Å². The summed E-state index contributed by atoms with van der Waals surface area (Å²) in [4.78, 5) is 12.4. The van der Waals surface area contributed by atoms with Crippen molar-refractivity contribution in [3.05, 3.63) is 42.5 Å². The second-order valence-corrected chi connectivity index (χ2v) is 7.90. The van der Waals surface area contributed by atoms with Crippen LogP contribution in [0.4, 0.5) is 5.69 Å². The van der Waals surface area contributed by atoms with Gasteiger partial charge in [0.15, 0.2) is 6.61 Å². The predicted molar refractivity (Wildman–Crippen MR) is 110 cm³/mol. The van der Waals surface area contributed by atoms with Crippen LogP contribution in [0.3, 0.4) is 0 Å². The molecule has 0 aliphatic heterocycles. The number of hydrogen-bond donors (Lipinski definition) is 1. The topological polar surface area (TPSA) is 94.2 Å². The molecule has 0 atom stereocenters. The number of sulfonamides is 1. The van der Waals surface area contributed by atoms with Crippen LogP contribution in [0.2, 0.25) is 0 Å². The number of rotatable bonds is 10. The van der Waals surface area contributed by atoms with Gasteiger partial charge in [-0.25, -0.2) is 8.42 Å². The Labute approximate surface area is 171 Å². The summed E-state index contributed by atoms with van der Waals surface area (Å²) in [5.41, 5.74) is 0.254. The van der Waals surface area contributed by atoms with Gasteiger partial charge in [0.1, 0.15) is 17.2 Å². The summed E-state index contributed by atoms with van der Waals surface area (Å²) in [6, 6.07) is 11.2. The largest absolute Gasteiger partial charge is 0.497 e. The number of hydrogen-bond acceptors (Lipinski definition) is 6. The van der Waals surface area contributed by atoms with Gasteiger partial charge in [-0.1, -0.05) is 13.8 Å². The van der Waals surface area contributed by atoms with Crippen molar-refractivity contribution in [3.63, 3.8) is 0 Å². The minimum atomic E-state index is -3.66. The molecule has 0 aliphatic rings. The van der Waals surface area contributed by atoms with Gasteiger partial charge in [0.2, 0.25) is 10.0 Å². The van der Waals surface area contributed by atoms with Crippen LogP contribution in [0, 0.1) is 0 Å². The van der Waals surface area contributed by atoms with Crippen LogP contribution >= 0.6 is 0 Å². The third-order valence-corrected chi connectivity index (χ3v) is 6.26. The average molecular weight is 423 g/mol. The highest BCUT2D eigenvalue weighted by molar-refractivity contribution is 7.89. The van der Waals surface area contributed by atoms with Gasteiger partial charge in [-0.3, -0.25) is 4.79 Å². The van der Waals surface area contributed by atoms with E-state index in [0.717, 1.165) is 0 Å². The molecule has 0 unspecified atom stereocenters. The van der Waals surface area contributed by atoms with Crippen molar-refractivity contribution in [2.24, 2.45) is 0 Å². The van der Waals surface area contributed by atoms with Crippen molar-refractivity contribution in [1.29, 1.82) is 0 Å². The highest BCUT2D eigenvalue weighted by atomic mass is 32.2. The fraction of sp³-hybridized carbons (Fsp3) is 0.350. The number of ether oxygens (including phenoxy) is 3. The first kappa shape index (κ1) is 22.5. The second-order valence-electron chi connectivity index (χ2n) is 5.96. The van der Waals surface area contributed by atoms with Gasteiger partial charge in [-0.15, -0.1) is 0 Å². The molecule has 1 N–H and O–H groups in total. The van der Waals surface area contributed by atoms with Gasteiger partial charge in [0.05, 0.1) is 24.8 Å². The van der Waals surface area contributed by atoms with Crippen LogP contribution in [0.25, 0.3) is 0 Å². The van der Waals surface area contributed by atoms with Crippen LogP contribution in [-0.2, 0) is 14.8 Å². The molecular formula is C20H26N2O6S. The first-order chi connectivity index (χ1) is 13.8. The molecule has 1 amide bonds. The van der Waals surface area contributed by atoms with Crippen LogP contribution < -0.4 is 19.5 Å². The van der Waals surface area contributed by atoms with Crippen molar-refractivity contribution in [2.45, 2.75) is 18.7 Å². The lowest BCUT2D eigenvalue weighted by Gasteiger charge is -2.19. The summed E-state index contributed by atoms with van der Waals surface area (Å²) in [6.07, 6.45) is 0. The third kappa shape index (κ3) is 5.61. The number of carbonyl (C=O) groups is 1. The molecule has 2 aromatic carbocycles. The molecule has 2 rings (SSSR count). The zero-order chi connectivity index (χ0) is 21.4. The monoisotopic (exact) mass is 422 g/mol. The number of amides is 1. The lowest BCUT2D eigenvalue weighted by atomic mass is 10.3. The number of methoxy groups -OCH3 is 2. The highest BCUT2D eigenvalue weighted by Gasteiger charge is 2.23. The predicted octanol–water partition coefficient (Wildman–Crippen LogP) is 2.75. The lowest BCUT2D eigenvalue weighted by molar-refractivity contribution is -0.118. The number of carbonyl (C=O) groups excluding carboxylic acids is 1. The summed E-state index contributed by atoms with van der Waals surface area (Å²) >= 11 is 0. The SMILES string of the molecule is CCN(CC)S(=O)(=O)c1ccc(OC)c(NC(=O)COc2ccc(OC)cc2)c1. The summed E-state index contributed by atoms with van der Waals surface area (Å²) in [5, 5.41) is 2.65. The molecule has 158 valence electrons. The molecule has 9 heteroatoms. The fourth-order valence-corrected chi connectivity index (χ4v) is 4.15. The van der Waals surface area contributed by atoms with Crippen molar-refractivity contribution >= 4 is 21.6 Å². The maximum atomic E-state index is 12.7. The van der Waals surface area contributed by atoms with E-state index < -0.39 is 15.9 Å². The van der Waals surface area contributed by atoms with E-state index in [1.165, 1.54) is 29.6 Å². The zero-order valence-electron chi connectivity index (χ0n) is 17.0. The molecule has 0 saturated heterocycles. The minimum absolute atomic E-state index is 0.0772. The summed E-state index contributed by atoms with van der Waals surface area (Å²) < 4.78 is 42.6. The smallest absolute Gasteiger partial charge is 0.262 e. The molecular weight excluding hydrogens is 396 g/mol. The zero-order valence-corrected chi connectivity index (χ0v) is 17.8. The number of nitrogens with zero attached hydrogens (tertiary/aromatic N) is 1. The van der Waals surface area contributed by atoms with Gasteiger partial charge < -0.3 is 19.5 Å². The standard InChI is InChI=1S/C20H26N2O6S/c1-5-22(6-2)29(24,25)17-11-12-19(27-4)18(13-17)21-20(23)14-28-16-9-7-15(26-3)8-10-16/h7-13H,5-6,14H2,1-4H3,(H,21,23). The van der Waals surface area contributed by atoms with Gasteiger partial charge in [0, 0.05) is 13.1 Å². The Morgan fingerprint density at radius 3 is 2.14 bits per heavy atom. The Bertz CT molecular complexity index is 924. The Morgan fingerprint density at radius 2 is 1.59 bits per heavy atom. The van der Waals surface area contributed by atoms with E-state index in [1.54, 1.807) is 45.2 Å². The van der Waals surface area contributed by atoms with Gasteiger partial charge >= 0.3 is 0 Å². The molecule has 0 heterocycles. The number of nitrogens with one attached hydrogen (secondary N) is 1. The van der Waals surface area contributed by atoms with E-state index >= 15 is 0 Å². The van der Waals surface area contributed by atoms with E-state index in [9.17, 15) is 13.2 Å². The van der Waals surface area contributed by atoms with Gasteiger partial charge in [-0.2, -0.15) is 4.31 Å². The molecule has 0 fully saturated rings. The Morgan fingerprint density at radius 1 is 0.966 bits per heavy atom. The van der Waals surface area contributed by atoms with Crippen LogP contribution in [0.15, 0.2) is 47.4 Å². The fourth-order valence-electron chi connectivity index (χ4n) is 2.66. The summed E-state index contributed by atoms with van der Waals surface area (Å²) in [6.45, 7) is 3.99. The summed E-state index contributed by atoms with van der Waals surface area (Å²) in [5.74, 6) is 1.08. The molecule has 0 spiro atoms. The first-order valence-electron chi connectivity index (χ1n) is 9.10. The Hall–Kier alpha value is -2.78. The minimum Gasteiger partial charge on any atom is -0.497 e. The molecule has 0 aliphatic carbocycles. The average Bonchev–Trinajstić information content (AvgIpc) is 2.73. The molecule has 0 radical (unpaired) electrons. The van der Waals surface area contributed by atoms with E-state index in [2.05, 4.69) is 5.32 Å². The van der Waals surface area contributed by atoms with Crippen LogP contribution in [0.5, 0.6) is 17.2 Å². The maximum Gasteiger partial charge on any atom is 0.262 e. The first-order valence-corrected chi connectivity index (χ1v) is 10.5. The highest BCUT2D eigenvalue weighted by Crippen LogP contribution is 2.29. The van der Waals surface area contributed by atoms with Crippen molar-refractivity contribution in [3.8, 4) is 17.2 Å². The molecule has 2 aromatic rings. The normalized spacial score (nSPS) is 11.2. The lowest BCUT2D eigenvalue weighted by Crippen LogP contribution is -2.30. The molecule has 8 nitrogen and oxygen atoms in total. The van der Waals surface area contributed by atoms with E-state index in [-0.39, 0.29) is 17.2 Å². The van der Waals surface area contributed by atoms with Crippen molar-refractivity contribution in [2.75, 3.05) is 39.2 Å². The molecule has 29 heavy (non-hydrogen) atoms. The summed E-state index contributed by atoms with van der Waals surface area (Å²) in [7, 11) is -0.660. The molecule has 0 saturated carbocycles. The van der Waals surface area contributed by atoms with E-state index in [0.29, 0.717) is 30.3 Å². The van der Waals surface area contributed by atoms with E-state index in [1.807, 2.05) is 0 Å². The van der Waals surface area contributed by atoms with Crippen molar-refractivity contribution < 1.29 is 27.4 Å².